The second-order valence-electron chi connectivity index (χ2n) is 6.03. The molecule has 0 radical (unpaired) electrons. The van der Waals surface area contributed by atoms with E-state index in [1.54, 1.807) is 12.1 Å². The third kappa shape index (κ3) is 3.75. The Bertz CT molecular complexity index is 667. The first kappa shape index (κ1) is 15.6. The lowest BCUT2D eigenvalue weighted by Gasteiger charge is -2.32. The fourth-order valence-corrected chi connectivity index (χ4v) is 3.07. The zero-order chi connectivity index (χ0) is 16.2. The highest BCUT2D eigenvalue weighted by Gasteiger charge is 2.23. The highest BCUT2D eigenvalue weighted by molar-refractivity contribution is 5.75. The maximum absolute atomic E-state index is 13.0. The van der Waals surface area contributed by atoms with Gasteiger partial charge >= 0.3 is 0 Å². The van der Waals surface area contributed by atoms with E-state index in [1.165, 1.54) is 12.1 Å². The van der Waals surface area contributed by atoms with E-state index in [0.717, 1.165) is 43.7 Å². The Labute approximate surface area is 135 Å². The van der Waals surface area contributed by atoms with Gasteiger partial charge in [-0.05, 0) is 43.0 Å². The molecule has 23 heavy (non-hydrogen) atoms. The van der Waals surface area contributed by atoms with Crippen LogP contribution in [0.15, 0.2) is 30.5 Å². The van der Waals surface area contributed by atoms with Crippen LogP contribution in [0, 0.1) is 11.7 Å². The van der Waals surface area contributed by atoms with Crippen LogP contribution in [0.2, 0.25) is 0 Å². The number of halogens is 1. The summed E-state index contributed by atoms with van der Waals surface area (Å²) in [7, 11) is 0. The summed E-state index contributed by atoms with van der Waals surface area (Å²) < 4.78 is 14.8. The number of likely N-dealkylation sites (tertiary alicyclic amines) is 1. The Morgan fingerprint density at radius 3 is 2.87 bits per heavy atom. The van der Waals surface area contributed by atoms with Gasteiger partial charge < -0.3 is 4.90 Å². The summed E-state index contributed by atoms with van der Waals surface area (Å²) in [4.78, 5) is 13.8. The molecule has 122 valence electrons. The van der Waals surface area contributed by atoms with Crippen molar-refractivity contribution in [3.63, 3.8) is 0 Å². The van der Waals surface area contributed by atoms with Crippen LogP contribution < -0.4 is 0 Å². The standard InChI is InChI=1S/C17H21FN4O/c1-2-17(23)21-9-3-4-13(10-21)11-22-12-16(19-20-22)14-5-7-15(18)8-6-14/h5-8,12-13H,2-4,9-11H2,1H3. The zero-order valence-electron chi connectivity index (χ0n) is 13.3. The Morgan fingerprint density at radius 2 is 2.13 bits per heavy atom. The first-order valence-electron chi connectivity index (χ1n) is 8.09. The molecule has 0 aliphatic carbocycles. The molecule has 6 heteroatoms. The van der Waals surface area contributed by atoms with Crippen molar-refractivity contribution in [2.45, 2.75) is 32.7 Å². The summed E-state index contributed by atoms with van der Waals surface area (Å²) >= 11 is 0. The van der Waals surface area contributed by atoms with Crippen LogP contribution in [0.3, 0.4) is 0 Å². The minimum atomic E-state index is -0.260. The van der Waals surface area contributed by atoms with Crippen molar-refractivity contribution in [2.75, 3.05) is 13.1 Å². The van der Waals surface area contributed by atoms with Gasteiger partial charge in [-0.25, -0.2) is 4.39 Å². The molecule has 1 aliphatic rings. The van der Waals surface area contributed by atoms with Gasteiger partial charge in [0.25, 0.3) is 0 Å². The number of nitrogens with zero attached hydrogens (tertiary/aromatic N) is 4. The van der Waals surface area contributed by atoms with Gasteiger partial charge in [-0.2, -0.15) is 0 Å². The third-order valence-corrected chi connectivity index (χ3v) is 4.30. The van der Waals surface area contributed by atoms with E-state index < -0.39 is 0 Å². The predicted molar refractivity (Wildman–Crippen MR) is 85.0 cm³/mol. The Balaban J connectivity index is 1.64. The smallest absolute Gasteiger partial charge is 0.222 e. The summed E-state index contributed by atoms with van der Waals surface area (Å²) in [6.45, 7) is 4.31. The molecule has 1 fully saturated rings. The van der Waals surface area contributed by atoms with Gasteiger partial charge in [-0.3, -0.25) is 9.48 Å². The number of hydrogen-bond acceptors (Lipinski definition) is 3. The minimum absolute atomic E-state index is 0.222. The van der Waals surface area contributed by atoms with E-state index in [9.17, 15) is 9.18 Å². The summed E-state index contributed by atoms with van der Waals surface area (Å²) in [6.07, 6.45) is 4.58. The number of hydrogen-bond donors (Lipinski definition) is 0. The molecule has 1 saturated heterocycles. The molecular weight excluding hydrogens is 295 g/mol. The molecular formula is C17H21FN4O. The van der Waals surface area contributed by atoms with Crippen LogP contribution in [0.25, 0.3) is 11.3 Å². The van der Waals surface area contributed by atoms with Crippen LogP contribution in [-0.2, 0) is 11.3 Å². The number of carbonyl (C=O) groups is 1. The molecule has 2 heterocycles. The number of carbonyl (C=O) groups excluding carboxylic acids is 1. The maximum Gasteiger partial charge on any atom is 0.222 e. The van der Waals surface area contributed by atoms with Crippen molar-refractivity contribution in [3.05, 3.63) is 36.3 Å². The minimum Gasteiger partial charge on any atom is -0.342 e. The number of amides is 1. The lowest BCUT2D eigenvalue weighted by Crippen LogP contribution is -2.40. The average molecular weight is 316 g/mol. The topological polar surface area (TPSA) is 51.0 Å². The Morgan fingerprint density at radius 1 is 1.35 bits per heavy atom. The van der Waals surface area contributed by atoms with E-state index in [1.807, 2.05) is 22.7 Å². The highest BCUT2D eigenvalue weighted by Crippen LogP contribution is 2.20. The summed E-state index contributed by atoms with van der Waals surface area (Å²) in [5, 5.41) is 8.33. The molecule has 1 amide bonds. The van der Waals surface area contributed by atoms with Crippen molar-refractivity contribution in [2.24, 2.45) is 5.92 Å². The fraction of sp³-hybridized carbons (Fsp3) is 0.471. The average Bonchev–Trinajstić information content (AvgIpc) is 3.03. The maximum atomic E-state index is 13.0. The molecule has 1 aliphatic heterocycles. The second-order valence-corrected chi connectivity index (χ2v) is 6.03. The number of benzene rings is 1. The number of aromatic nitrogens is 3. The van der Waals surface area contributed by atoms with Crippen LogP contribution in [0.1, 0.15) is 26.2 Å². The molecule has 0 N–H and O–H groups in total. The predicted octanol–water partition coefficient (Wildman–Crippen LogP) is 2.73. The fourth-order valence-electron chi connectivity index (χ4n) is 3.07. The van der Waals surface area contributed by atoms with Gasteiger partial charge in [0.05, 0.1) is 6.20 Å². The summed E-state index contributed by atoms with van der Waals surface area (Å²) in [6, 6.07) is 6.24. The molecule has 1 atom stereocenters. The van der Waals surface area contributed by atoms with Crippen molar-refractivity contribution in [1.82, 2.24) is 19.9 Å². The van der Waals surface area contributed by atoms with Crippen molar-refractivity contribution in [3.8, 4) is 11.3 Å². The van der Waals surface area contributed by atoms with Crippen LogP contribution in [-0.4, -0.2) is 38.9 Å². The Hall–Kier alpha value is -2.24. The molecule has 0 bridgehead atoms. The van der Waals surface area contributed by atoms with Crippen LogP contribution in [0.5, 0.6) is 0 Å². The van der Waals surface area contributed by atoms with E-state index in [4.69, 9.17) is 0 Å². The highest BCUT2D eigenvalue weighted by atomic mass is 19.1. The first-order valence-corrected chi connectivity index (χ1v) is 8.09. The molecule has 2 aromatic rings. The quantitative estimate of drug-likeness (QED) is 0.871. The molecule has 1 aromatic heterocycles. The lowest BCUT2D eigenvalue weighted by atomic mass is 9.98. The number of piperidine rings is 1. The van der Waals surface area contributed by atoms with Gasteiger partial charge in [-0.15, -0.1) is 5.10 Å². The van der Waals surface area contributed by atoms with Gasteiger partial charge in [0.1, 0.15) is 11.5 Å². The monoisotopic (exact) mass is 316 g/mol. The van der Waals surface area contributed by atoms with E-state index in [-0.39, 0.29) is 11.7 Å². The molecule has 0 saturated carbocycles. The van der Waals surface area contributed by atoms with Gasteiger partial charge in [0, 0.05) is 31.6 Å². The van der Waals surface area contributed by atoms with Crippen molar-refractivity contribution < 1.29 is 9.18 Å². The summed E-state index contributed by atoms with van der Waals surface area (Å²) in [5.41, 5.74) is 1.59. The van der Waals surface area contributed by atoms with Crippen LogP contribution >= 0.6 is 0 Å². The Kier molecular flexibility index (Phi) is 4.69. The van der Waals surface area contributed by atoms with Gasteiger partial charge in [0.15, 0.2) is 0 Å². The molecule has 5 nitrogen and oxygen atoms in total. The third-order valence-electron chi connectivity index (χ3n) is 4.30. The van der Waals surface area contributed by atoms with E-state index in [2.05, 4.69) is 10.3 Å². The first-order chi connectivity index (χ1) is 11.2. The summed E-state index contributed by atoms with van der Waals surface area (Å²) in [5.74, 6) is 0.367. The van der Waals surface area contributed by atoms with Crippen molar-refractivity contribution in [1.29, 1.82) is 0 Å². The molecule has 1 unspecified atom stereocenters. The van der Waals surface area contributed by atoms with Crippen LogP contribution in [0.4, 0.5) is 4.39 Å². The van der Waals surface area contributed by atoms with Crippen molar-refractivity contribution >= 4 is 5.91 Å². The number of rotatable bonds is 4. The zero-order valence-corrected chi connectivity index (χ0v) is 13.3. The molecule has 0 spiro atoms. The van der Waals surface area contributed by atoms with E-state index >= 15 is 0 Å². The SMILES string of the molecule is CCC(=O)N1CCCC(Cn2cc(-c3ccc(F)cc3)nn2)C1. The molecule has 3 rings (SSSR count). The largest absolute Gasteiger partial charge is 0.342 e. The molecule has 1 aromatic carbocycles. The van der Waals surface area contributed by atoms with Gasteiger partial charge in [0.2, 0.25) is 5.91 Å². The lowest BCUT2D eigenvalue weighted by molar-refractivity contribution is -0.132. The van der Waals surface area contributed by atoms with Gasteiger partial charge in [-0.1, -0.05) is 12.1 Å². The van der Waals surface area contributed by atoms with E-state index in [0.29, 0.717) is 12.3 Å². The second kappa shape index (κ2) is 6.89. The normalized spacial score (nSPS) is 18.2.